The van der Waals surface area contributed by atoms with Gasteiger partial charge in [-0.25, -0.2) is 0 Å². The van der Waals surface area contributed by atoms with E-state index in [-0.39, 0.29) is 4.92 Å². The Morgan fingerprint density at radius 3 is 2.46 bits per heavy atom. The quantitative estimate of drug-likeness (QED) is 0.367. The molecule has 13 heavy (non-hydrogen) atoms. The highest BCUT2D eigenvalue weighted by Gasteiger charge is 2.31. The topological polar surface area (TPSA) is 52.4 Å². The van der Waals surface area contributed by atoms with Crippen LogP contribution in [0.15, 0.2) is 12.2 Å². The Hall–Kier alpha value is -0.900. The molecule has 0 radical (unpaired) electrons. The largest absolute Gasteiger partial charge is 0.381 e. The summed E-state index contributed by atoms with van der Waals surface area (Å²) in [5.41, 5.74) is 0. The standard InChI is InChI=1S/C9H13NO3/c11-10(12)9-3-1-7(2-4-9)8-5-13-6-8/h1,3,7-9H,2,4-6H2. The molecule has 4 heteroatoms. The van der Waals surface area contributed by atoms with Crippen molar-refractivity contribution in [1.29, 1.82) is 0 Å². The number of nitro groups is 1. The molecule has 2 rings (SSSR count). The molecule has 1 aliphatic heterocycles. The number of allylic oxidation sites excluding steroid dienone is 1. The molecule has 0 aromatic carbocycles. The van der Waals surface area contributed by atoms with Gasteiger partial charge in [-0.2, -0.15) is 0 Å². The van der Waals surface area contributed by atoms with Crippen molar-refractivity contribution in [3.63, 3.8) is 0 Å². The summed E-state index contributed by atoms with van der Waals surface area (Å²) in [7, 11) is 0. The van der Waals surface area contributed by atoms with Gasteiger partial charge in [0.25, 0.3) is 0 Å². The van der Waals surface area contributed by atoms with E-state index in [9.17, 15) is 10.1 Å². The summed E-state index contributed by atoms with van der Waals surface area (Å²) in [6, 6.07) is -0.447. The van der Waals surface area contributed by atoms with Crippen LogP contribution in [0, 0.1) is 22.0 Å². The lowest BCUT2D eigenvalue weighted by molar-refractivity contribution is -0.511. The van der Waals surface area contributed by atoms with Gasteiger partial charge in [0.15, 0.2) is 0 Å². The highest BCUT2D eigenvalue weighted by Crippen LogP contribution is 2.30. The number of hydrogen-bond donors (Lipinski definition) is 0. The molecule has 1 fully saturated rings. The minimum atomic E-state index is -0.447. The first-order valence-corrected chi connectivity index (χ1v) is 4.67. The Labute approximate surface area is 76.7 Å². The van der Waals surface area contributed by atoms with Gasteiger partial charge < -0.3 is 4.74 Å². The molecule has 0 aromatic rings. The van der Waals surface area contributed by atoms with Crippen molar-refractivity contribution < 1.29 is 9.66 Å². The Morgan fingerprint density at radius 2 is 2.08 bits per heavy atom. The lowest BCUT2D eigenvalue weighted by Gasteiger charge is -2.33. The molecule has 1 aliphatic carbocycles. The van der Waals surface area contributed by atoms with Crippen LogP contribution < -0.4 is 0 Å². The average molecular weight is 183 g/mol. The molecular weight excluding hydrogens is 170 g/mol. The van der Waals surface area contributed by atoms with Crippen LogP contribution in [-0.4, -0.2) is 24.2 Å². The van der Waals surface area contributed by atoms with Crippen LogP contribution in [-0.2, 0) is 4.74 Å². The maximum atomic E-state index is 10.4. The summed E-state index contributed by atoms with van der Waals surface area (Å²) in [5.74, 6) is 1.13. The van der Waals surface area contributed by atoms with Gasteiger partial charge in [0, 0.05) is 17.3 Å². The average Bonchev–Trinajstić information content (AvgIpc) is 2.02. The summed E-state index contributed by atoms with van der Waals surface area (Å²) < 4.78 is 5.09. The zero-order valence-electron chi connectivity index (χ0n) is 7.39. The van der Waals surface area contributed by atoms with Gasteiger partial charge in [0.1, 0.15) is 0 Å². The highest BCUT2D eigenvalue weighted by molar-refractivity contribution is 5.01. The lowest BCUT2D eigenvalue weighted by atomic mass is 9.82. The van der Waals surface area contributed by atoms with Crippen LogP contribution >= 0.6 is 0 Å². The van der Waals surface area contributed by atoms with Crippen molar-refractivity contribution in [1.82, 2.24) is 0 Å². The Kier molecular flexibility index (Phi) is 2.31. The smallest absolute Gasteiger partial charge is 0.231 e. The van der Waals surface area contributed by atoms with Gasteiger partial charge in [-0.15, -0.1) is 0 Å². The van der Waals surface area contributed by atoms with E-state index in [4.69, 9.17) is 4.74 Å². The molecule has 2 aliphatic rings. The van der Waals surface area contributed by atoms with Crippen molar-refractivity contribution in [2.24, 2.45) is 11.8 Å². The predicted molar refractivity (Wildman–Crippen MR) is 47.0 cm³/mol. The van der Waals surface area contributed by atoms with E-state index in [1.54, 1.807) is 6.08 Å². The van der Waals surface area contributed by atoms with Crippen LogP contribution in [0.2, 0.25) is 0 Å². The van der Waals surface area contributed by atoms with Crippen LogP contribution in [0.4, 0.5) is 0 Å². The number of ether oxygens (including phenoxy) is 1. The van der Waals surface area contributed by atoms with Crippen LogP contribution in [0.3, 0.4) is 0 Å². The molecule has 0 spiro atoms. The number of rotatable bonds is 2. The second-order valence-electron chi connectivity index (χ2n) is 3.78. The van der Waals surface area contributed by atoms with Gasteiger partial charge in [-0.1, -0.05) is 6.08 Å². The van der Waals surface area contributed by atoms with E-state index in [0.717, 1.165) is 19.6 Å². The van der Waals surface area contributed by atoms with Crippen molar-refractivity contribution >= 4 is 0 Å². The molecule has 0 amide bonds. The fourth-order valence-electron chi connectivity index (χ4n) is 1.90. The number of nitrogens with zero attached hydrogens (tertiary/aromatic N) is 1. The zero-order chi connectivity index (χ0) is 9.26. The van der Waals surface area contributed by atoms with Gasteiger partial charge in [-0.3, -0.25) is 10.1 Å². The van der Waals surface area contributed by atoms with Crippen molar-refractivity contribution in [2.45, 2.75) is 18.9 Å². The Balaban J connectivity index is 1.91. The van der Waals surface area contributed by atoms with E-state index in [2.05, 4.69) is 0 Å². The normalized spacial score (nSPS) is 34.2. The molecular formula is C9H13NO3. The molecule has 0 aromatic heterocycles. The summed E-state index contributed by atoms with van der Waals surface area (Å²) in [6.45, 7) is 1.66. The fourth-order valence-corrected chi connectivity index (χ4v) is 1.90. The second-order valence-corrected chi connectivity index (χ2v) is 3.78. The maximum Gasteiger partial charge on any atom is 0.231 e. The third-order valence-electron chi connectivity index (χ3n) is 2.92. The second kappa shape index (κ2) is 3.46. The molecule has 0 bridgehead atoms. The van der Waals surface area contributed by atoms with Crippen molar-refractivity contribution in [3.8, 4) is 0 Å². The maximum absolute atomic E-state index is 10.4. The minimum absolute atomic E-state index is 0.204. The Morgan fingerprint density at radius 1 is 1.31 bits per heavy atom. The third-order valence-corrected chi connectivity index (χ3v) is 2.92. The fraction of sp³-hybridized carbons (Fsp3) is 0.778. The van der Waals surface area contributed by atoms with Crippen molar-refractivity contribution in [2.75, 3.05) is 13.2 Å². The summed E-state index contributed by atoms with van der Waals surface area (Å²) in [5, 5.41) is 10.4. The van der Waals surface area contributed by atoms with Crippen LogP contribution in [0.1, 0.15) is 12.8 Å². The van der Waals surface area contributed by atoms with Gasteiger partial charge >= 0.3 is 0 Å². The highest BCUT2D eigenvalue weighted by atomic mass is 16.6. The molecule has 1 heterocycles. The van der Waals surface area contributed by atoms with E-state index in [1.165, 1.54) is 0 Å². The molecule has 4 nitrogen and oxygen atoms in total. The van der Waals surface area contributed by atoms with Crippen LogP contribution in [0.5, 0.6) is 0 Å². The molecule has 0 saturated carbocycles. The Bertz CT molecular complexity index is 235. The molecule has 2 atom stereocenters. The summed E-state index contributed by atoms with van der Waals surface area (Å²) in [4.78, 5) is 10.2. The van der Waals surface area contributed by atoms with E-state index in [0.29, 0.717) is 18.3 Å². The first-order chi connectivity index (χ1) is 6.27. The first kappa shape index (κ1) is 8.69. The third kappa shape index (κ3) is 1.72. The van der Waals surface area contributed by atoms with E-state index < -0.39 is 6.04 Å². The summed E-state index contributed by atoms with van der Waals surface area (Å²) in [6.07, 6.45) is 5.37. The van der Waals surface area contributed by atoms with Gasteiger partial charge in [0.05, 0.1) is 13.2 Å². The SMILES string of the molecule is O=[N+]([O-])C1C=CC(C2COC2)CC1. The first-order valence-electron chi connectivity index (χ1n) is 4.67. The molecule has 72 valence electrons. The summed E-state index contributed by atoms with van der Waals surface area (Å²) >= 11 is 0. The van der Waals surface area contributed by atoms with Crippen LogP contribution in [0.25, 0.3) is 0 Å². The number of hydrogen-bond acceptors (Lipinski definition) is 3. The minimum Gasteiger partial charge on any atom is -0.381 e. The molecule has 2 unspecified atom stereocenters. The zero-order valence-corrected chi connectivity index (χ0v) is 7.39. The van der Waals surface area contributed by atoms with Crippen molar-refractivity contribution in [3.05, 3.63) is 22.3 Å². The van der Waals surface area contributed by atoms with E-state index >= 15 is 0 Å². The monoisotopic (exact) mass is 183 g/mol. The molecule has 0 N–H and O–H groups in total. The van der Waals surface area contributed by atoms with Gasteiger partial charge in [-0.05, 0) is 18.4 Å². The lowest BCUT2D eigenvalue weighted by Crippen LogP contribution is -2.36. The predicted octanol–water partition coefficient (Wildman–Crippen LogP) is 1.24. The van der Waals surface area contributed by atoms with E-state index in [1.807, 2.05) is 6.08 Å². The van der Waals surface area contributed by atoms with Gasteiger partial charge in [0.2, 0.25) is 6.04 Å². The molecule has 1 saturated heterocycles.